The molecule has 0 amide bonds. The van der Waals surface area contributed by atoms with Crippen molar-refractivity contribution in [1.29, 1.82) is 0 Å². The van der Waals surface area contributed by atoms with Crippen molar-refractivity contribution in [2.45, 2.75) is 0 Å². The molecule has 0 aliphatic rings. The molecule has 0 aliphatic heterocycles. The highest BCUT2D eigenvalue weighted by molar-refractivity contribution is 6.22. The quantitative estimate of drug-likeness (QED) is 0.172. The SMILES string of the molecule is c1ccc(-c2cccc(-n3c(-c4ccccc4)nc4cc5c(ccc6c5c5ccccc5n6-c5nc(-c6ccccc6)nc(-c6ccccc6)n5)cc43)c2)cc1. The van der Waals surface area contributed by atoms with E-state index in [-0.39, 0.29) is 0 Å². The molecule has 6 heteroatoms. The monoisotopic (exact) mass is 716 g/mol. The summed E-state index contributed by atoms with van der Waals surface area (Å²) < 4.78 is 4.48. The summed E-state index contributed by atoms with van der Waals surface area (Å²) in [7, 11) is 0. The van der Waals surface area contributed by atoms with Crippen molar-refractivity contribution in [3.8, 4) is 56.9 Å². The Morgan fingerprint density at radius 3 is 1.61 bits per heavy atom. The molecule has 56 heavy (non-hydrogen) atoms. The Morgan fingerprint density at radius 1 is 0.339 bits per heavy atom. The summed E-state index contributed by atoms with van der Waals surface area (Å²) >= 11 is 0. The number of imidazole rings is 1. The van der Waals surface area contributed by atoms with Crippen molar-refractivity contribution >= 4 is 43.6 Å². The Hall–Kier alpha value is -7.70. The van der Waals surface area contributed by atoms with Gasteiger partial charge in [0.05, 0.1) is 22.1 Å². The third kappa shape index (κ3) is 5.27. The summed E-state index contributed by atoms with van der Waals surface area (Å²) in [6, 6.07) is 67.4. The van der Waals surface area contributed by atoms with Gasteiger partial charge in [-0.15, -0.1) is 0 Å². The molecule has 11 rings (SSSR count). The molecular formula is C50H32N6. The molecule has 3 heterocycles. The largest absolute Gasteiger partial charge is 0.292 e. The van der Waals surface area contributed by atoms with Crippen LogP contribution in [-0.2, 0) is 0 Å². The second-order valence-corrected chi connectivity index (χ2v) is 13.9. The van der Waals surface area contributed by atoms with Crippen LogP contribution in [0.15, 0.2) is 194 Å². The molecule has 0 fully saturated rings. The van der Waals surface area contributed by atoms with Crippen molar-refractivity contribution in [3.05, 3.63) is 194 Å². The maximum absolute atomic E-state index is 5.38. The molecule has 0 saturated carbocycles. The number of aromatic nitrogens is 6. The number of para-hydroxylation sites is 1. The minimum atomic E-state index is 0.568. The Morgan fingerprint density at radius 2 is 0.929 bits per heavy atom. The molecule has 0 spiro atoms. The maximum atomic E-state index is 5.38. The molecule has 0 atom stereocenters. The van der Waals surface area contributed by atoms with Gasteiger partial charge in [0, 0.05) is 33.2 Å². The lowest BCUT2D eigenvalue weighted by atomic mass is 10.0. The van der Waals surface area contributed by atoms with Crippen LogP contribution in [0.25, 0.3) is 101 Å². The normalized spacial score (nSPS) is 11.6. The van der Waals surface area contributed by atoms with Crippen LogP contribution in [0.2, 0.25) is 0 Å². The van der Waals surface area contributed by atoms with Crippen LogP contribution >= 0.6 is 0 Å². The van der Waals surface area contributed by atoms with E-state index in [1.807, 2.05) is 66.7 Å². The molecule has 0 radical (unpaired) electrons. The van der Waals surface area contributed by atoms with Crippen LogP contribution in [0.4, 0.5) is 0 Å². The summed E-state index contributed by atoms with van der Waals surface area (Å²) in [5.74, 6) is 2.71. The number of fused-ring (bicyclic) bond motifs is 6. The van der Waals surface area contributed by atoms with Gasteiger partial charge in [0.2, 0.25) is 5.95 Å². The fraction of sp³-hybridized carbons (Fsp3) is 0. The Bertz CT molecular complexity index is 3170. The first kappa shape index (κ1) is 31.8. The highest BCUT2D eigenvalue weighted by atomic mass is 15.2. The van der Waals surface area contributed by atoms with Gasteiger partial charge in [0.1, 0.15) is 5.82 Å². The van der Waals surface area contributed by atoms with E-state index in [9.17, 15) is 0 Å². The maximum Gasteiger partial charge on any atom is 0.238 e. The van der Waals surface area contributed by atoms with Crippen molar-refractivity contribution in [2.75, 3.05) is 0 Å². The van der Waals surface area contributed by atoms with Gasteiger partial charge < -0.3 is 0 Å². The molecular weight excluding hydrogens is 685 g/mol. The average Bonchev–Trinajstić information content (AvgIpc) is 3.83. The standard InChI is InChI=1S/C50H32N6/c1-5-16-33(17-6-1)37-24-15-25-39(30-37)55-45-31-38-28-29-44-46(41(38)32-42(45)51-49(55)36-22-11-4-12-23-36)40-26-13-14-27-43(40)56(44)50-53-47(34-18-7-2-8-19-34)52-48(54-50)35-20-9-3-10-21-35/h1-32H. The van der Waals surface area contributed by atoms with Crippen LogP contribution in [0.3, 0.4) is 0 Å². The van der Waals surface area contributed by atoms with Gasteiger partial charge >= 0.3 is 0 Å². The molecule has 8 aromatic carbocycles. The predicted molar refractivity (Wildman–Crippen MR) is 228 cm³/mol. The lowest BCUT2D eigenvalue weighted by molar-refractivity contribution is 0.953. The summed E-state index contributed by atoms with van der Waals surface area (Å²) in [6.07, 6.45) is 0. The summed E-state index contributed by atoms with van der Waals surface area (Å²) in [5, 5.41) is 4.49. The first-order valence-electron chi connectivity index (χ1n) is 18.7. The third-order valence-electron chi connectivity index (χ3n) is 10.6. The van der Waals surface area contributed by atoms with Crippen LogP contribution < -0.4 is 0 Å². The zero-order chi connectivity index (χ0) is 37.0. The van der Waals surface area contributed by atoms with E-state index < -0.39 is 0 Å². The number of nitrogens with zero attached hydrogens (tertiary/aromatic N) is 6. The predicted octanol–water partition coefficient (Wildman–Crippen LogP) is 12.1. The fourth-order valence-corrected chi connectivity index (χ4v) is 7.97. The van der Waals surface area contributed by atoms with Gasteiger partial charge in [0.15, 0.2) is 11.6 Å². The van der Waals surface area contributed by atoms with Gasteiger partial charge in [0.25, 0.3) is 0 Å². The first-order valence-corrected chi connectivity index (χ1v) is 18.7. The minimum Gasteiger partial charge on any atom is -0.292 e. The zero-order valence-electron chi connectivity index (χ0n) is 30.2. The lowest BCUT2D eigenvalue weighted by Crippen LogP contribution is -2.06. The van der Waals surface area contributed by atoms with Crippen molar-refractivity contribution in [3.63, 3.8) is 0 Å². The molecule has 0 bridgehead atoms. The Kier molecular flexibility index (Phi) is 7.38. The van der Waals surface area contributed by atoms with Crippen molar-refractivity contribution in [2.24, 2.45) is 0 Å². The van der Waals surface area contributed by atoms with E-state index in [2.05, 4.69) is 137 Å². The number of hydrogen-bond donors (Lipinski definition) is 0. The lowest BCUT2D eigenvalue weighted by Gasteiger charge is -2.12. The first-order chi connectivity index (χ1) is 27.8. The van der Waals surface area contributed by atoms with Crippen LogP contribution in [-0.4, -0.2) is 29.1 Å². The zero-order valence-corrected chi connectivity index (χ0v) is 30.2. The van der Waals surface area contributed by atoms with Crippen molar-refractivity contribution < 1.29 is 0 Å². The van der Waals surface area contributed by atoms with Crippen molar-refractivity contribution in [1.82, 2.24) is 29.1 Å². The molecule has 3 aromatic heterocycles. The van der Waals surface area contributed by atoms with E-state index in [0.717, 1.165) is 77.4 Å². The molecule has 0 N–H and O–H groups in total. The molecule has 6 nitrogen and oxygen atoms in total. The smallest absolute Gasteiger partial charge is 0.238 e. The van der Waals surface area contributed by atoms with E-state index in [4.69, 9.17) is 19.9 Å². The molecule has 262 valence electrons. The van der Waals surface area contributed by atoms with Crippen LogP contribution in [0.1, 0.15) is 0 Å². The van der Waals surface area contributed by atoms with Gasteiger partial charge in [-0.25, -0.2) is 9.97 Å². The van der Waals surface area contributed by atoms with Gasteiger partial charge in [-0.1, -0.05) is 158 Å². The number of hydrogen-bond acceptors (Lipinski definition) is 4. The van der Waals surface area contributed by atoms with Gasteiger partial charge in [-0.05, 0) is 58.3 Å². The van der Waals surface area contributed by atoms with E-state index in [1.165, 1.54) is 5.56 Å². The number of benzene rings is 8. The minimum absolute atomic E-state index is 0.568. The van der Waals surface area contributed by atoms with Gasteiger partial charge in [-0.2, -0.15) is 9.97 Å². The average molecular weight is 717 g/mol. The molecule has 0 saturated heterocycles. The highest BCUT2D eigenvalue weighted by Gasteiger charge is 2.21. The van der Waals surface area contributed by atoms with E-state index in [1.54, 1.807) is 0 Å². The van der Waals surface area contributed by atoms with Crippen LogP contribution in [0, 0.1) is 0 Å². The van der Waals surface area contributed by atoms with E-state index in [0.29, 0.717) is 17.6 Å². The Labute approximate surface area is 322 Å². The summed E-state index contributed by atoms with van der Waals surface area (Å²) in [6.45, 7) is 0. The van der Waals surface area contributed by atoms with Crippen LogP contribution in [0.5, 0.6) is 0 Å². The third-order valence-corrected chi connectivity index (χ3v) is 10.6. The van der Waals surface area contributed by atoms with Gasteiger partial charge in [-0.3, -0.25) is 9.13 Å². The van der Waals surface area contributed by atoms with E-state index >= 15 is 0 Å². The second kappa shape index (κ2) is 13.0. The second-order valence-electron chi connectivity index (χ2n) is 13.9. The Balaban J connectivity index is 1.17. The summed E-state index contributed by atoms with van der Waals surface area (Å²) in [5.41, 5.74) is 10.3. The summed E-state index contributed by atoms with van der Waals surface area (Å²) in [4.78, 5) is 20.6. The topological polar surface area (TPSA) is 61.4 Å². The fourth-order valence-electron chi connectivity index (χ4n) is 7.97. The molecule has 11 aromatic rings. The molecule has 0 aliphatic carbocycles. The number of rotatable bonds is 6. The molecule has 0 unspecified atom stereocenters. The highest BCUT2D eigenvalue weighted by Crippen LogP contribution is 2.40.